The molecule has 0 fully saturated rings. The van der Waals surface area contributed by atoms with Gasteiger partial charge in [-0.05, 0) is 83.6 Å². The van der Waals surface area contributed by atoms with Crippen molar-refractivity contribution < 1.29 is 0 Å². The lowest BCUT2D eigenvalue weighted by Gasteiger charge is -2.15. The van der Waals surface area contributed by atoms with E-state index in [4.69, 9.17) is 4.98 Å². The van der Waals surface area contributed by atoms with E-state index in [1.54, 1.807) is 0 Å². The van der Waals surface area contributed by atoms with Gasteiger partial charge in [0.05, 0.1) is 27.8 Å². The van der Waals surface area contributed by atoms with E-state index in [1.807, 2.05) is 0 Å². The molecule has 0 saturated carbocycles. The van der Waals surface area contributed by atoms with Gasteiger partial charge in [-0.15, -0.1) is 0 Å². The van der Waals surface area contributed by atoms with Gasteiger partial charge in [0.2, 0.25) is 0 Å². The van der Waals surface area contributed by atoms with Crippen molar-refractivity contribution in [3.63, 3.8) is 0 Å². The molecule has 0 spiro atoms. The van der Waals surface area contributed by atoms with E-state index in [2.05, 4.69) is 185 Å². The van der Waals surface area contributed by atoms with Gasteiger partial charge in [0.25, 0.3) is 0 Å². The molecule has 3 heteroatoms. The quantitative estimate of drug-likeness (QED) is 0.184. The Balaban J connectivity index is 1.24. The van der Waals surface area contributed by atoms with E-state index in [1.165, 1.54) is 54.8 Å². The van der Waals surface area contributed by atoms with Gasteiger partial charge in [0.15, 0.2) is 0 Å². The second-order valence-corrected chi connectivity index (χ2v) is 13.1. The molecular formula is C47H33N3. The number of para-hydroxylation sites is 3. The Morgan fingerprint density at radius 3 is 1.98 bits per heavy atom. The van der Waals surface area contributed by atoms with Crippen molar-refractivity contribution in [3.05, 3.63) is 182 Å². The SMILES string of the molecule is C1=CCCC(c2cc(-c3ccccc3)nc(-n3c4ccccc4c4c(-c5ccc6c7ccccc7n(-c7ccccc7)c6c5)cccc43)c2)=C1. The number of fused-ring (bicyclic) bond motifs is 6. The third kappa shape index (κ3) is 4.55. The Hall–Kier alpha value is -6.45. The molecule has 0 radical (unpaired) electrons. The fraction of sp³-hybridized carbons (Fsp3) is 0.0426. The van der Waals surface area contributed by atoms with Crippen molar-refractivity contribution >= 4 is 49.2 Å². The standard InChI is InChI=1S/C47H33N3/c1-4-15-32(16-5-1)35-29-41(33-17-6-2-7-18-33)48-46(31-35)50-43-25-13-11-22-40(43)47-37(23-14-26-44(47)50)34-27-28-39-38-21-10-12-24-42(38)49(45(39)30-34)36-19-8-3-9-20-36/h1-4,6-15,17-31H,5,16H2. The average molecular weight is 640 g/mol. The van der Waals surface area contributed by atoms with Crippen molar-refractivity contribution in [2.24, 2.45) is 0 Å². The number of allylic oxidation sites excluding steroid dienone is 4. The van der Waals surface area contributed by atoms with Crippen LogP contribution in [0.1, 0.15) is 18.4 Å². The summed E-state index contributed by atoms with van der Waals surface area (Å²) in [4.78, 5) is 5.37. The maximum atomic E-state index is 5.37. The number of hydrogen-bond acceptors (Lipinski definition) is 1. The molecule has 0 atom stereocenters. The van der Waals surface area contributed by atoms with Crippen molar-refractivity contribution in [2.75, 3.05) is 0 Å². The molecule has 236 valence electrons. The van der Waals surface area contributed by atoms with Crippen LogP contribution in [0.4, 0.5) is 0 Å². The molecule has 1 aliphatic rings. The van der Waals surface area contributed by atoms with Gasteiger partial charge >= 0.3 is 0 Å². The summed E-state index contributed by atoms with van der Waals surface area (Å²) in [6.45, 7) is 0. The van der Waals surface area contributed by atoms with Crippen LogP contribution in [0, 0.1) is 0 Å². The summed E-state index contributed by atoms with van der Waals surface area (Å²) < 4.78 is 4.76. The van der Waals surface area contributed by atoms with Gasteiger partial charge in [-0.2, -0.15) is 0 Å². The summed E-state index contributed by atoms with van der Waals surface area (Å²) in [6.07, 6.45) is 8.76. The topological polar surface area (TPSA) is 22.8 Å². The molecule has 0 saturated heterocycles. The van der Waals surface area contributed by atoms with Gasteiger partial charge in [-0.1, -0.05) is 127 Å². The highest BCUT2D eigenvalue weighted by molar-refractivity contribution is 6.17. The molecule has 6 aromatic carbocycles. The van der Waals surface area contributed by atoms with Gasteiger partial charge in [-0.25, -0.2) is 4.98 Å². The fourth-order valence-electron chi connectivity index (χ4n) is 7.92. The maximum Gasteiger partial charge on any atom is 0.138 e. The Morgan fingerprint density at radius 2 is 1.18 bits per heavy atom. The smallest absolute Gasteiger partial charge is 0.138 e. The minimum absolute atomic E-state index is 0.930. The molecule has 1 aliphatic carbocycles. The third-order valence-corrected chi connectivity index (χ3v) is 10.2. The summed E-state index contributed by atoms with van der Waals surface area (Å²) in [5.41, 5.74) is 12.9. The summed E-state index contributed by atoms with van der Waals surface area (Å²) in [6, 6.07) is 56.9. The van der Waals surface area contributed by atoms with Crippen LogP contribution in [0.5, 0.6) is 0 Å². The maximum absolute atomic E-state index is 5.37. The zero-order chi connectivity index (χ0) is 33.0. The molecule has 9 aromatic rings. The molecule has 0 aliphatic heterocycles. The van der Waals surface area contributed by atoms with Crippen molar-refractivity contribution in [1.82, 2.24) is 14.1 Å². The Morgan fingerprint density at radius 1 is 0.480 bits per heavy atom. The van der Waals surface area contributed by atoms with Gasteiger partial charge in [0.1, 0.15) is 5.82 Å². The van der Waals surface area contributed by atoms with E-state index in [0.29, 0.717) is 0 Å². The van der Waals surface area contributed by atoms with Crippen LogP contribution in [-0.2, 0) is 0 Å². The van der Waals surface area contributed by atoms with E-state index in [0.717, 1.165) is 46.6 Å². The number of nitrogens with zero attached hydrogens (tertiary/aromatic N) is 3. The second-order valence-electron chi connectivity index (χ2n) is 13.1. The molecule has 0 N–H and O–H groups in total. The first kappa shape index (κ1) is 28.6. The highest BCUT2D eigenvalue weighted by Crippen LogP contribution is 2.41. The summed E-state index contributed by atoms with van der Waals surface area (Å²) in [5.74, 6) is 0.930. The first-order valence-corrected chi connectivity index (χ1v) is 17.4. The molecule has 3 aromatic heterocycles. The largest absolute Gasteiger partial charge is 0.309 e. The van der Waals surface area contributed by atoms with Crippen molar-refractivity contribution in [2.45, 2.75) is 12.8 Å². The minimum atomic E-state index is 0.930. The van der Waals surface area contributed by atoms with Crippen LogP contribution < -0.4 is 0 Å². The molecular weight excluding hydrogens is 607 g/mol. The van der Waals surface area contributed by atoms with E-state index < -0.39 is 0 Å². The van der Waals surface area contributed by atoms with Crippen LogP contribution >= 0.6 is 0 Å². The average Bonchev–Trinajstić information content (AvgIpc) is 3.71. The zero-order valence-electron chi connectivity index (χ0n) is 27.5. The number of hydrogen-bond donors (Lipinski definition) is 0. The lowest BCUT2D eigenvalue weighted by Crippen LogP contribution is -2.01. The van der Waals surface area contributed by atoms with Crippen LogP contribution in [0.15, 0.2) is 176 Å². The lowest BCUT2D eigenvalue weighted by atomic mass is 9.96. The Kier molecular flexibility index (Phi) is 6.63. The van der Waals surface area contributed by atoms with Crippen molar-refractivity contribution in [1.29, 1.82) is 0 Å². The van der Waals surface area contributed by atoms with Crippen LogP contribution in [0.3, 0.4) is 0 Å². The predicted molar refractivity (Wildman–Crippen MR) is 210 cm³/mol. The van der Waals surface area contributed by atoms with Gasteiger partial charge in [0, 0.05) is 32.8 Å². The van der Waals surface area contributed by atoms with Crippen LogP contribution in [-0.4, -0.2) is 14.1 Å². The Bertz CT molecular complexity index is 2800. The summed E-state index contributed by atoms with van der Waals surface area (Å²) in [5, 5.41) is 4.97. The van der Waals surface area contributed by atoms with Crippen LogP contribution in [0.2, 0.25) is 0 Å². The number of rotatable bonds is 5. The number of pyridine rings is 1. The lowest BCUT2D eigenvalue weighted by molar-refractivity contribution is 1.04. The third-order valence-electron chi connectivity index (χ3n) is 10.2. The van der Waals surface area contributed by atoms with E-state index in [9.17, 15) is 0 Å². The van der Waals surface area contributed by atoms with Crippen LogP contribution in [0.25, 0.3) is 83.1 Å². The molecule has 3 nitrogen and oxygen atoms in total. The molecule has 3 heterocycles. The minimum Gasteiger partial charge on any atom is -0.309 e. The molecule has 0 bridgehead atoms. The van der Waals surface area contributed by atoms with E-state index in [-0.39, 0.29) is 0 Å². The number of benzene rings is 6. The zero-order valence-corrected chi connectivity index (χ0v) is 27.5. The molecule has 0 unspecified atom stereocenters. The first-order valence-electron chi connectivity index (χ1n) is 17.4. The highest BCUT2D eigenvalue weighted by Gasteiger charge is 2.20. The van der Waals surface area contributed by atoms with Gasteiger partial charge < -0.3 is 4.57 Å². The second kappa shape index (κ2) is 11.6. The Labute approximate surface area is 290 Å². The van der Waals surface area contributed by atoms with Gasteiger partial charge in [-0.3, -0.25) is 4.57 Å². The normalized spacial score (nSPS) is 13.1. The monoisotopic (exact) mass is 639 g/mol. The fourth-order valence-corrected chi connectivity index (χ4v) is 7.92. The predicted octanol–water partition coefficient (Wildman–Crippen LogP) is 12.3. The highest BCUT2D eigenvalue weighted by atomic mass is 15.1. The summed E-state index contributed by atoms with van der Waals surface area (Å²) >= 11 is 0. The van der Waals surface area contributed by atoms with E-state index >= 15 is 0 Å². The number of aromatic nitrogens is 3. The van der Waals surface area contributed by atoms with Crippen molar-refractivity contribution in [3.8, 4) is 33.9 Å². The first-order chi connectivity index (χ1) is 24.8. The molecule has 10 rings (SSSR count). The molecule has 0 amide bonds. The molecule has 50 heavy (non-hydrogen) atoms. The summed E-state index contributed by atoms with van der Waals surface area (Å²) in [7, 11) is 0.